The Balaban J connectivity index is 2.18. The summed E-state index contributed by atoms with van der Waals surface area (Å²) in [6.07, 6.45) is 1.79. The van der Waals surface area contributed by atoms with Crippen molar-refractivity contribution >= 4 is 0 Å². The topological polar surface area (TPSA) is 53.1 Å². The summed E-state index contributed by atoms with van der Waals surface area (Å²) in [5.74, 6) is 0.859. The number of aromatic nitrogens is 2. The molecule has 0 aliphatic carbocycles. The zero-order valence-electron chi connectivity index (χ0n) is 10.8. The number of benzene rings is 1. The number of hydrogen-bond acceptors (Lipinski definition) is 3. The molecule has 96 valence electrons. The molecule has 1 unspecified atom stereocenters. The molecule has 18 heavy (non-hydrogen) atoms. The van der Waals surface area contributed by atoms with Crippen molar-refractivity contribution in [3.05, 3.63) is 47.8 Å². The normalized spacial score (nSPS) is 12.4. The molecular formula is C14H19N3O. The highest BCUT2D eigenvalue weighted by Crippen LogP contribution is 2.24. The summed E-state index contributed by atoms with van der Waals surface area (Å²) in [4.78, 5) is 0. The maximum atomic E-state index is 6.25. The van der Waals surface area contributed by atoms with E-state index in [9.17, 15) is 0 Å². The van der Waals surface area contributed by atoms with E-state index in [1.807, 2.05) is 48.9 Å². The van der Waals surface area contributed by atoms with Gasteiger partial charge in [0, 0.05) is 17.5 Å². The van der Waals surface area contributed by atoms with Crippen molar-refractivity contribution in [1.82, 2.24) is 9.78 Å². The van der Waals surface area contributed by atoms with Crippen molar-refractivity contribution in [3.8, 4) is 5.75 Å². The molecule has 0 radical (unpaired) electrons. The van der Waals surface area contributed by atoms with Crippen molar-refractivity contribution in [3.63, 3.8) is 0 Å². The molecule has 0 bridgehead atoms. The van der Waals surface area contributed by atoms with Crippen molar-refractivity contribution < 1.29 is 4.74 Å². The van der Waals surface area contributed by atoms with Crippen LogP contribution >= 0.6 is 0 Å². The van der Waals surface area contributed by atoms with Gasteiger partial charge < -0.3 is 10.5 Å². The van der Waals surface area contributed by atoms with E-state index in [1.165, 1.54) is 0 Å². The Kier molecular flexibility index (Phi) is 3.99. The maximum absolute atomic E-state index is 6.25. The van der Waals surface area contributed by atoms with E-state index in [4.69, 9.17) is 10.5 Å². The summed E-state index contributed by atoms with van der Waals surface area (Å²) in [6.45, 7) is 5.29. The molecule has 0 saturated heterocycles. The lowest BCUT2D eigenvalue weighted by Gasteiger charge is -2.17. The van der Waals surface area contributed by atoms with Crippen LogP contribution in [0, 0.1) is 6.92 Å². The first-order valence-corrected chi connectivity index (χ1v) is 6.18. The lowest BCUT2D eigenvalue weighted by Crippen LogP contribution is -2.20. The molecule has 1 heterocycles. The fourth-order valence-electron chi connectivity index (χ4n) is 1.95. The maximum Gasteiger partial charge on any atom is 0.124 e. The third-order valence-electron chi connectivity index (χ3n) is 2.92. The van der Waals surface area contributed by atoms with Crippen LogP contribution in [0.25, 0.3) is 0 Å². The average molecular weight is 245 g/mol. The quantitative estimate of drug-likeness (QED) is 0.879. The van der Waals surface area contributed by atoms with Gasteiger partial charge in [-0.1, -0.05) is 18.2 Å². The number of rotatable bonds is 5. The van der Waals surface area contributed by atoms with Crippen LogP contribution in [0.3, 0.4) is 0 Å². The van der Waals surface area contributed by atoms with Crippen LogP contribution in [0.15, 0.2) is 36.5 Å². The Morgan fingerprint density at radius 3 is 2.78 bits per heavy atom. The van der Waals surface area contributed by atoms with Gasteiger partial charge in [-0.25, -0.2) is 0 Å². The second-order valence-electron chi connectivity index (χ2n) is 4.23. The van der Waals surface area contributed by atoms with Crippen molar-refractivity contribution in [2.75, 3.05) is 6.61 Å². The van der Waals surface area contributed by atoms with Gasteiger partial charge in [0.15, 0.2) is 0 Å². The number of nitrogens with zero attached hydrogens (tertiary/aromatic N) is 2. The van der Waals surface area contributed by atoms with Crippen LogP contribution in [-0.2, 0) is 6.54 Å². The number of hydrogen-bond donors (Lipinski definition) is 1. The second kappa shape index (κ2) is 5.69. The fraction of sp³-hybridized carbons (Fsp3) is 0.357. The predicted molar refractivity (Wildman–Crippen MR) is 71.5 cm³/mol. The highest BCUT2D eigenvalue weighted by atomic mass is 16.5. The number of para-hydroxylation sites is 1. The van der Waals surface area contributed by atoms with Gasteiger partial charge >= 0.3 is 0 Å². The van der Waals surface area contributed by atoms with Gasteiger partial charge in [0.1, 0.15) is 5.75 Å². The molecule has 4 nitrogen and oxygen atoms in total. The van der Waals surface area contributed by atoms with Gasteiger partial charge in [0.05, 0.1) is 19.2 Å². The van der Waals surface area contributed by atoms with Crippen LogP contribution in [-0.4, -0.2) is 16.4 Å². The lowest BCUT2D eigenvalue weighted by molar-refractivity contribution is 0.332. The molecule has 1 atom stereocenters. The first-order valence-electron chi connectivity index (χ1n) is 6.18. The number of ether oxygens (including phenoxy) is 1. The Bertz CT molecular complexity index is 507. The number of aryl methyl sites for hydroxylation is 1. The first kappa shape index (κ1) is 12.6. The minimum atomic E-state index is -0.119. The van der Waals surface area contributed by atoms with E-state index in [-0.39, 0.29) is 6.04 Å². The van der Waals surface area contributed by atoms with Crippen LogP contribution < -0.4 is 10.5 Å². The van der Waals surface area contributed by atoms with Crippen LogP contribution in [0.5, 0.6) is 5.75 Å². The molecule has 2 aromatic rings. The smallest absolute Gasteiger partial charge is 0.124 e. The van der Waals surface area contributed by atoms with E-state index >= 15 is 0 Å². The van der Waals surface area contributed by atoms with Gasteiger partial charge in [-0.05, 0) is 26.0 Å². The van der Waals surface area contributed by atoms with E-state index in [1.54, 1.807) is 6.20 Å². The first-order chi connectivity index (χ1) is 8.72. The largest absolute Gasteiger partial charge is 0.494 e. The summed E-state index contributed by atoms with van der Waals surface area (Å²) in [7, 11) is 0. The molecule has 0 aliphatic heterocycles. The highest BCUT2D eigenvalue weighted by molar-refractivity contribution is 5.35. The molecule has 0 spiro atoms. The Labute approximate surface area is 107 Å². The van der Waals surface area contributed by atoms with E-state index in [0.29, 0.717) is 13.2 Å². The summed E-state index contributed by atoms with van der Waals surface area (Å²) in [5, 5.41) is 4.25. The fourth-order valence-corrected chi connectivity index (χ4v) is 1.95. The van der Waals surface area contributed by atoms with Crippen LogP contribution in [0.4, 0.5) is 0 Å². The summed E-state index contributed by atoms with van der Waals surface area (Å²) < 4.78 is 7.51. The molecule has 1 aromatic heterocycles. The van der Waals surface area contributed by atoms with Gasteiger partial charge in [0.25, 0.3) is 0 Å². The molecule has 2 N–H and O–H groups in total. The summed E-state index contributed by atoms with van der Waals surface area (Å²) in [6, 6.07) is 9.75. The summed E-state index contributed by atoms with van der Waals surface area (Å²) in [5.41, 5.74) is 8.38. The van der Waals surface area contributed by atoms with Crippen molar-refractivity contribution in [2.45, 2.75) is 26.4 Å². The Hall–Kier alpha value is -1.81. The van der Waals surface area contributed by atoms with E-state index < -0.39 is 0 Å². The molecule has 0 aliphatic rings. The van der Waals surface area contributed by atoms with E-state index in [2.05, 4.69) is 5.10 Å². The molecule has 2 rings (SSSR count). The Morgan fingerprint density at radius 2 is 2.11 bits per heavy atom. The third-order valence-corrected chi connectivity index (χ3v) is 2.92. The average Bonchev–Trinajstić information content (AvgIpc) is 2.76. The Morgan fingerprint density at radius 1 is 1.33 bits per heavy atom. The van der Waals surface area contributed by atoms with Crippen LogP contribution in [0.2, 0.25) is 0 Å². The summed E-state index contributed by atoms with van der Waals surface area (Å²) >= 11 is 0. The zero-order valence-corrected chi connectivity index (χ0v) is 10.8. The van der Waals surface area contributed by atoms with Gasteiger partial charge in [0.2, 0.25) is 0 Å². The molecule has 0 fully saturated rings. The van der Waals surface area contributed by atoms with E-state index in [0.717, 1.165) is 17.0 Å². The highest BCUT2D eigenvalue weighted by Gasteiger charge is 2.13. The molecule has 4 heteroatoms. The third kappa shape index (κ3) is 2.71. The minimum absolute atomic E-state index is 0.119. The standard InChI is InChI=1S/C14H19N3O/c1-3-18-14-7-5-4-6-12(14)13(15)10-17-11(2)8-9-16-17/h4-9,13H,3,10,15H2,1-2H3. The van der Waals surface area contributed by atoms with Crippen molar-refractivity contribution in [1.29, 1.82) is 0 Å². The molecule has 0 saturated carbocycles. The molecular weight excluding hydrogens is 226 g/mol. The lowest BCUT2D eigenvalue weighted by atomic mass is 10.1. The predicted octanol–water partition coefficient (Wildman–Crippen LogP) is 2.29. The van der Waals surface area contributed by atoms with Gasteiger partial charge in [-0.3, -0.25) is 4.68 Å². The monoisotopic (exact) mass is 245 g/mol. The SMILES string of the molecule is CCOc1ccccc1C(N)Cn1nccc1C. The number of nitrogens with two attached hydrogens (primary N) is 1. The molecule has 1 aromatic carbocycles. The van der Waals surface area contributed by atoms with Crippen molar-refractivity contribution in [2.24, 2.45) is 5.73 Å². The second-order valence-corrected chi connectivity index (χ2v) is 4.23. The zero-order chi connectivity index (χ0) is 13.0. The minimum Gasteiger partial charge on any atom is -0.494 e. The molecule has 0 amide bonds. The van der Waals surface area contributed by atoms with Gasteiger partial charge in [-0.2, -0.15) is 5.10 Å². The van der Waals surface area contributed by atoms with Gasteiger partial charge in [-0.15, -0.1) is 0 Å². The van der Waals surface area contributed by atoms with Crippen LogP contribution in [0.1, 0.15) is 24.2 Å².